The highest BCUT2D eigenvalue weighted by Gasteiger charge is 2.36. The largest absolute Gasteiger partial charge is 0.389 e. The Balaban J connectivity index is 1.49. The van der Waals surface area contributed by atoms with Gasteiger partial charge in [0, 0.05) is 19.0 Å². The zero-order valence-electron chi connectivity index (χ0n) is 14.1. The van der Waals surface area contributed by atoms with E-state index >= 15 is 0 Å². The van der Waals surface area contributed by atoms with Crippen LogP contribution >= 0.6 is 0 Å². The Morgan fingerprint density at radius 2 is 1.60 bits per heavy atom. The molecule has 0 aliphatic carbocycles. The van der Waals surface area contributed by atoms with E-state index < -0.39 is 18.5 Å². The third-order valence-electron chi connectivity index (χ3n) is 4.39. The lowest BCUT2D eigenvalue weighted by Crippen LogP contribution is -2.55. The van der Waals surface area contributed by atoms with Gasteiger partial charge >= 0.3 is 0 Å². The summed E-state index contributed by atoms with van der Waals surface area (Å²) in [6, 6.07) is 19.6. The molecule has 0 spiro atoms. The van der Waals surface area contributed by atoms with E-state index in [1.54, 1.807) is 0 Å². The molecule has 134 valence electrons. The first-order valence-corrected chi connectivity index (χ1v) is 8.63. The maximum Gasteiger partial charge on any atom is 0.156 e. The molecule has 0 radical (unpaired) electrons. The van der Waals surface area contributed by atoms with Crippen molar-refractivity contribution in [3.63, 3.8) is 0 Å². The summed E-state index contributed by atoms with van der Waals surface area (Å²) < 4.78 is 11.1. The van der Waals surface area contributed by atoms with E-state index in [-0.39, 0.29) is 12.6 Å². The molecule has 0 aromatic heterocycles. The van der Waals surface area contributed by atoms with Crippen LogP contribution in [-0.4, -0.2) is 41.4 Å². The number of hydrogen-bond acceptors (Lipinski definition) is 5. The standard InChI is InChI=1S/C20H25NO4/c22-19-11-17(21-12-15-7-3-1-4-8-15)20(23)18(25-19)14-24-13-16-9-5-2-6-10-16/h1-10,17-23H,11-14H2/t17-,18-,19+,20+/m1/s1. The molecule has 2 aromatic rings. The monoisotopic (exact) mass is 343 g/mol. The van der Waals surface area contributed by atoms with Gasteiger partial charge in [0.2, 0.25) is 0 Å². The average molecular weight is 343 g/mol. The Kier molecular flexibility index (Phi) is 6.55. The first-order valence-electron chi connectivity index (χ1n) is 8.63. The van der Waals surface area contributed by atoms with E-state index in [4.69, 9.17) is 9.47 Å². The van der Waals surface area contributed by atoms with Crippen LogP contribution in [0.2, 0.25) is 0 Å². The molecule has 1 saturated heterocycles. The highest BCUT2D eigenvalue weighted by atomic mass is 16.6. The highest BCUT2D eigenvalue weighted by Crippen LogP contribution is 2.20. The van der Waals surface area contributed by atoms with Crippen molar-refractivity contribution < 1.29 is 19.7 Å². The summed E-state index contributed by atoms with van der Waals surface area (Å²) in [6.07, 6.45) is -1.84. The highest BCUT2D eigenvalue weighted by molar-refractivity contribution is 5.15. The minimum Gasteiger partial charge on any atom is -0.389 e. The minimum atomic E-state index is -0.901. The number of benzene rings is 2. The van der Waals surface area contributed by atoms with E-state index in [0.717, 1.165) is 11.1 Å². The second kappa shape index (κ2) is 9.08. The zero-order chi connectivity index (χ0) is 17.5. The van der Waals surface area contributed by atoms with Crippen molar-refractivity contribution in [2.24, 2.45) is 0 Å². The van der Waals surface area contributed by atoms with Crippen LogP contribution in [0.1, 0.15) is 17.5 Å². The fourth-order valence-electron chi connectivity index (χ4n) is 3.01. The number of rotatable bonds is 7. The van der Waals surface area contributed by atoms with Crippen LogP contribution in [0, 0.1) is 0 Å². The molecular formula is C20H25NO4. The number of hydrogen-bond donors (Lipinski definition) is 3. The average Bonchev–Trinajstić information content (AvgIpc) is 2.65. The van der Waals surface area contributed by atoms with E-state index in [9.17, 15) is 10.2 Å². The first-order chi connectivity index (χ1) is 12.2. The summed E-state index contributed by atoms with van der Waals surface area (Å²) in [5.74, 6) is 0. The predicted octanol–water partition coefficient (Wildman–Crippen LogP) is 1.83. The molecule has 4 atom stereocenters. The molecule has 3 rings (SSSR count). The summed E-state index contributed by atoms with van der Waals surface area (Å²) in [5.41, 5.74) is 2.19. The van der Waals surface area contributed by atoms with Crippen LogP contribution in [0.3, 0.4) is 0 Å². The molecule has 1 aliphatic heterocycles. The van der Waals surface area contributed by atoms with Crippen molar-refractivity contribution >= 4 is 0 Å². The smallest absolute Gasteiger partial charge is 0.156 e. The van der Waals surface area contributed by atoms with E-state index in [2.05, 4.69) is 5.32 Å². The quantitative estimate of drug-likeness (QED) is 0.715. The number of nitrogens with one attached hydrogen (secondary N) is 1. The normalized spacial score (nSPS) is 26.5. The third-order valence-corrected chi connectivity index (χ3v) is 4.39. The summed E-state index contributed by atoms with van der Waals surface area (Å²) in [5, 5.41) is 23.8. The predicted molar refractivity (Wildman–Crippen MR) is 94.7 cm³/mol. The molecule has 0 unspecified atom stereocenters. The fourth-order valence-corrected chi connectivity index (χ4v) is 3.01. The number of aliphatic hydroxyl groups is 2. The summed E-state index contributed by atoms with van der Waals surface area (Å²) in [6.45, 7) is 1.31. The van der Waals surface area contributed by atoms with Gasteiger partial charge in [-0.3, -0.25) is 0 Å². The lowest BCUT2D eigenvalue weighted by atomic mass is 9.98. The summed E-state index contributed by atoms with van der Waals surface area (Å²) in [4.78, 5) is 0. The fraction of sp³-hybridized carbons (Fsp3) is 0.400. The van der Waals surface area contributed by atoms with Crippen LogP contribution in [0.4, 0.5) is 0 Å². The van der Waals surface area contributed by atoms with Crippen molar-refractivity contribution in [3.05, 3.63) is 71.8 Å². The SMILES string of the molecule is O[C@H]1[C@H](NCc2ccccc2)C[C@@H](O)O[C@@H]1COCc1ccccc1. The third kappa shape index (κ3) is 5.36. The molecule has 1 fully saturated rings. The van der Waals surface area contributed by atoms with Crippen molar-refractivity contribution in [1.82, 2.24) is 5.32 Å². The maximum atomic E-state index is 10.5. The van der Waals surface area contributed by atoms with Crippen molar-refractivity contribution in [2.75, 3.05) is 6.61 Å². The van der Waals surface area contributed by atoms with Crippen LogP contribution in [0.5, 0.6) is 0 Å². The number of aliphatic hydroxyl groups excluding tert-OH is 2. The Morgan fingerprint density at radius 1 is 0.960 bits per heavy atom. The van der Waals surface area contributed by atoms with Gasteiger partial charge in [0.1, 0.15) is 6.10 Å². The first kappa shape index (κ1) is 18.0. The van der Waals surface area contributed by atoms with Gasteiger partial charge in [0.25, 0.3) is 0 Å². The van der Waals surface area contributed by atoms with Crippen LogP contribution in [-0.2, 0) is 22.6 Å². The number of ether oxygens (including phenoxy) is 2. The molecule has 25 heavy (non-hydrogen) atoms. The van der Waals surface area contributed by atoms with E-state index in [1.165, 1.54) is 0 Å². The van der Waals surface area contributed by atoms with Gasteiger partial charge in [0.05, 0.1) is 19.3 Å². The van der Waals surface area contributed by atoms with Crippen LogP contribution < -0.4 is 5.32 Å². The van der Waals surface area contributed by atoms with Gasteiger partial charge in [-0.25, -0.2) is 0 Å². The molecular weight excluding hydrogens is 318 g/mol. The molecule has 1 heterocycles. The Hall–Kier alpha value is -1.76. The summed E-state index contributed by atoms with van der Waals surface area (Å²) >= 11 is 0. The van der Waals surface area contributed by atoms with Gasteiger partial charge in [0.15, 0.2) is 6.29 Å². The minimum absolute atomic E-state index is 0.233. The molecule has 2 aromatic carbocycles. The Bertz CT molecular complexity index is 622. The van der Waals surface area contributed by atoms with Gasteiger partial charge in [-0.2, -0.15) is 0 Å². The lowest BCUT2D eigenvalue weighted by molar-refractivity contribution is -0.222. The van der Waals surface area contributed by atoms with Crippen LogP contribution in [0.25, 0.3) is 0 Å². The second-order valence-corrected chi connectivity index (χ2v) is 6.33. The van der Waals surface area contributed by atoms with Gasteiger partial charge in [-0.15, -0.1) is 0 Å². The summed E-state index contributed by atoms with van der Waals surface area (Å²) in [7, 11) is 0. The van der Waals surface area contributed by atoms with Crippen LogP contribution in [0.15, 0.2) is 60.7 Å². The second-order valence-electron chi connectivity index (χ2n) is 6.33. The molecule has 1 aliphatic rings. The Labute approximate surface area is 148 Å². The van der Waals surface area contributed by atoms with Crippen molar-refractivity contribution in [2.45, 2.75) is 44.1 Å². The van der Waals surface area contributed by atoms with Gasteiger partial charge < -0.3 is 25.0 Å². The Morgan fingerprint density at radius 3 is 2.28 bits per heavy atom. The lowest BCUT2D eigenvalue weighted by Gasteiger charge is -2.37. The topological polar surface area (TPSA) is 71.0 Å². The molecule has 5 heteroatoms. The molecule has 0 amide bonds. The molecule has 5 nitrogen and oxygen atoms in total. The van der Waals surface area contributed by atoms with Gasteiger partial charge in [-0.05, 0) is 11.1 Å². The van der Waals surface area contributed by atoms with Gasteiger partial charge in [-0.1, -0.05) is 60.7 Å². The maximum absolute atomic E-state index is 10.5. The molecule has 3 N–H and O–H groups in total. The van der Waals surface area contributed by atoms with E-state index in [0.29, 0.717) is 19.6 Å². The molecule has 0 saturated carbocycles. The van der Waals surface area contributed by atoms with Crippen molar-refractivity contribution in [1.29, 1.82) is 0 Å². The molecule has 0 bridgehead atoms. The van der Waals surface area contributed by atoms with Crippen molar-refractivity contribution in [3.8, 4) is 0 Å². The zero-order valence-corrected chi connectivity index (χ0v) is 14.1. The van der Waals surface area contributed by atoms with E-state index in [1.807, 2.05) is 60.7 Å².